The van der Waals surface area contributed by atoms with Crippen molar-refractivity contribution in [2.75, 3.05) is 37.7 Å². The van der Waals surface area contributed by atoms with Crippen LogP contribution in [0.4, 0.5) is 10.1 Å². The Morgan fingerprint density at radius 3 is 2.62 bits per heavy atom. The quantitative estimate of drug-likeness (QED) is 0.648. The Balaban J connectivity index is 1.91. The molecular formula is C18H27FN4O3. The Morgan fingerprint density at radius 2 is 1.96 bits per heavy atom. The van der Waals surface area contributed by atoms with E-state index in [4.69, 9.17) is 10.5 Å². The van der Waals surface area contributed by atoms with Gasteiger partial charge in [-0.15, -0.1) is 0 Å². The fourth-order valence-electron chi connectivity index (χ4n) is 2.65. The molecule has 26 heavy (non-hydrogen) atoms. The van der Waals surface area contributed by atoms with Gasteiger partial charge >= 0.3 is 0 Å². The van der Waals surface area contributed by atoms with Crippen LogP contribution in [0.25, 0.3) is 0 Å². The zero-order chi connectivity index (χ0) is 19.1. The van der Waals surface area contributed by atoms with Crippen LogP contribution in [0.15, 0.2) is 18.2 Å². The van der Waals surface area contributed by atoms with E-state index in [1.807, 2.05) is 13.8 Å². The normalized spacial score (nSPS) is 15.7. The van der Waals surface area contributed by atoms with Crippen molar-refractivity contribution in [2.45, 2.75) is 26.4 Å². The second-order valence-electron chi connectivity index (χ2n) is 6.64. The summed E-state index contributed by atoms with van der Waals surface area (Å²) in [4.78, 5) is 25.9. The number of carbonyl (C=O) groups excluding carboxylic acids is 2. The summed E-state index contributed by atoms with van der Waals surface area (Å²) < 4.78 is 19.0. The summed E-state index contributed by atoms with van der Waals surface area (Å²) in [6.45, 7) is 6.35. The summed E-state index contributed by atoms with van der Waals surface area (Å²) in [5.41, 5.74) is 7.29. The van der Waals surface area contributed by atoms with E-state index in [9.17, 15) is 14.0 Å². The molecular weight excluding hydrogens is 339 g/mol. The fraction of sp³-hybridized carbons (Fsp3) is 0.556. The van der Waals surface area contributed by atoms with Crippen LogP contribution in [-0.2, 0) is 20.9 Å². The van der Waals surface area contributed by atoms with Gasteiger partial charge in [-0.1, -0.05) is 13.8 Å². The molecule has 0 spiro atoms. The van der Waals surface area contributed by atoms with Crippen molar-refractivity contribution in [3.63, 3.8) is 0 Å². The van der Waals surface area contributed by atoms with E-state index in [1.165, 1.54) is 12.1 Å². The van der Waals surface area contributed by atoms with Crippen molar-refractivity contribution in [3.8, 4) is 0 Å². The Hall–Kier alpha value is -2.19. The Morgan fingerprint density at radius 1 is 1.27 bits per heavy atom. The molecule has 1 aliphatic heterocycles. The van der Waals surface area contributed by atoms with E-state index in [-0.39, 0.29) is 36.6 Å². The molecule has 1 atom stereocenters. The van der Waals surface area contributed by atoms with E-state index < -0.39 is 6.04 Å². The second kappa shape index (κ2) is 9.49. The molecule has 1 fully saturated rings. The molecule has 7 nitrogen and oxygen atoms in total. The summed E-state index contributed by atoms with van der Waals surface area (Å²) in [5.74, 6) is -1.09. The van der Waals surface area contributed by atoms with Crippen molar-refractivity contribution >= 4 is 17.5 Å². The zero-order valence-corrected chi connectivity index (χ0v) is 15.3. The van der Waals surface area contributed by atoms with Crippen molar-refractivity contribution < 1.29 is 18.7 Å². The van der Waals surface area contributed by atoms with Crippen LogP contribution < -0.4 is 21.3 Å². The van der Waals surface area contributed by atoms with Gasteiger partial charge in [0.2, 0.25) is 11.8 Å². The maximum atomic E-state index is 13.6. The van der Waals surface area contributed by atoms with Gasteiger partial charge in [-0.2, -0.15) is 0 Å². The molecule has 0 saturated carbocycles. The summed E-state index contributed by atoms with van der Waals surface area (Å²) in [6.07, 6.45) is 0. The molecule has 0 aliphatic carbocycles. The van der Waals surface area contributed by atoms with Crippen LogP contribution >= 0.6 is 0 Å². The van der Waals surface area contributed by atoms with Gasteiger partial charge in [-0.05, 0) is 29.7 Å². The number of nitrogens with zero attached hydrogens (tertiary/aromatic N) is 1. The third-order valence-electron chi connectivity index (χ3n) is 4.31. The lowest BCUT2D eigenvalue weighted by Crippen LogP contribution is -2.47. The van der Waals surface area contributed by atoms with Crippen LogP contribution in [0.3, 0.4) is 0 Å². The molecule has 8 heteroatoms. The Labute approximate surface area is 153 Å². The maximum absolute atomic E-state index is 13.6. The Kier molecular flexibility index (Phi) is 7.35. The number of amides is 2. The SMILES string of the molecule is CC(C)[C@H](N)C(=O)NCC(=O)NCc1cc(F)ccc1N1CCOCC1. The first-order chi connectivity index (χ1) is 12.4. The highest BCUT2D eigenvalue weighted by Gasteiger charge is 2.18. The largest absolute Gasteiger partial charge is 0.378 e. The number of morpholine rings is 1. The average Bonchev–Trinajstić information content (AvgIpc) is 2.64. The number of ether oxygens (including phenoxy) is 1. The molecule has 0 bridgehead atoms. The number of nitrogens with one attached hydrogen (secondary N) is 2. The highest BCUT2D eigenvalue weighted by molar-refractivity contribution is 5.87. The summed E-state index contributed by atoms with van der Waals surface area (Å²) in [6, 6.07) is 3.88. The van der Waals surface area contributed by atoms with Gasteiger partial charge in [0.15, 0.2) is 0 Å². The fourth-order valence-corrected chi connectivity index (χ4v) is 2.65. The van der Waals surface area contributed by atoms with Gasteiger partial charge in [-0.25, -0.2) is 4.39 Å². The number of halogens is 1. The number of hydrogen-bond acceptors (Lipinski definition) is 5. The summed E-state index contributed by atoms with van der Waals surface area (Å²) >= 11 is 0. The number of carbonyl (C=O) groups is 2. The summed E-state index contributed by atoms with van der Waals surface area (Å²) in [5, 5.41) is 5.22. The zero-order valence-electron chi connectivity index (χ0n) is 15.3. The number of benzene rings is 1. The van der Waals surface area contributed by atoms with E-state index in [0.29, 0.717) is 18.8 Å². The molecule has 0 radical (unpaired) electrons. The van der Waals surface area contributed by atoms with Gasteiger partial charge < -0.3 is 26.0 Å². The van der Waals surface area contributed by atoms with Crippen LogP contribution in [0.1, 0.15) is 19.4 Å². The average molecular weight is 366 g/mol. The smallest absolute Gasteiger partial charge is 0.239 e. The standard InChI is InChI=1S/C18H27FN4O3/c1-12(2)17(20)18(25)22-11-16(24)21-10-13-9-14(19)3-4-15(13)23-5-7-26-8-6-23/h3-4,9,12,17H,5-8,10-11,20H2,1-2H3,(H,21,24)(H,22,25)/t17-/m0/s1. The van der Waals surface area contributed by atoms with Crippen LogP contribution in [0, 0.1) is 11.7 Å². The minimum atomic E-state index is -0.654. The number of hydrogen-bond donors (Lipinski definition) is 3. The molecule has 144 valence electrons. The van der Waals surface area contributed by atoms with Gasteiger partial charge in [0, 0.05) is 25.3 Å². The molecule has 4 N–H and O–H groups in total. The third-order valence-corrected chi connectivity index (χ3v) is 4.31. The van der Waals surface area contributed by atoms with E-state index >= 15 is 0 Å². The van der Waals surface area contributed by atoms with Gasteiger partial charge in [0.05, 0.1) is 25.8 Å². The van der Waals surface area contributed by atoms with E-state index in [2.05, 4.69) is 15.5 Å². The van der Waals surface area contributed by atoms with E-state index in [1.54, 1.807) is 6.07 Å². The summed E-state index contributed by atoms with van der Waals surface area (Å²) in [7, 11) is 0. The molecule has 0 unspecified atom stereocenters. The highest BCUT2D eigenvalue weighted by Crippen LogP contribution is 2.22. The molecule has 1 aromatic rings. The minimum absolute atomic E-state index is 0.0126. The van der Waals surface area contributed by atoms with Crippen molar-refractivity contribution in [3.05, 3.63) is 29.6 Å². The van der Waals surface area contributed by atoms with Crippen molar-refractivity contribution in [2.24, 2.45) is 11.7 Å². The first-order valence-corrected chi connectivity index (χ1v) is 8.79. The van der Waals surface area contributed by atoms with Gasteiger partial charge in [0.25, 0.3) is 0 Å². The molecule has 2 amide bonds. The monoisotopic (exact) mass is 366 g/mol. The molecule has 1 saturated heterocycles. The molecule has 1 aliphatic rings. The Bertz CT molecular complexity index is 633. The first kappa shape index (κ1) is 20.1. The second-order valence-corrected chi connectivity index (χ2v) is 6.64. The molecule has 1 heterocycles. The lowest BCUT2D eigenvalue weighted by Gasteiger charge is -2.30. The highest BCUT2D eigenvalue weighted by atomic mass is 19.1. The number of rotatable bonds is 7. The van der Waals surface area contributed by atoms with Gasteiger partial charge in [0.1, 0.15) is 5.82 Å². The van der Waals surface area contributed by atoms with Gasteiger partial charge in [-0.3, -0.25) is 9.59 Å². The number of nitrogens with two attached hydrogens (primary N) is 1. The topological polar surface area (TPSA) is 96.7 Å². The van der Waals surface area contributed by atoms with E-state index in [0.717, 1.165) is 18.8 Å². The minimum Gasteiger partial charge on any atom is -0.378 e. The molecule has 2 rings (SSSR count). The molecule has 0 aromatic heterocycles. The maximum Gasteiger partial charge on any atom is 0.239 e. The predicted molar refractivity (Wildman–Crippen MR) is 97.1 cm³/mol. The van der Waals surface area contributed by atoms with Crippen LogP contribution in [0.5, 0.6) is 0 Å². The number of anilines is 1. The van der Waals surface area contributed by atoms with Crippen molar-refractivity contribution in [1.82, 2.24) is 10.6 Å². The first-order valence-electron chi connectivity index (χ1n) is 8.79. The lowest BCUT2D eigenvalue weighted by molar-refractivity contribution is -0.127. The van der Waals surface area contributed by atoms with Crippen LogP contribution in [-0.4, -0.2) is 50.7 Å². The lowest BCUT2D eigenvalue weighted by atomic mass is 10.1. The van der Waals surface area contributed by atoms with Crippen molar-refractivity contribution in [1.29, 1.82) is 0 Å². The van der Waals surface area contributed by atoms with Crippen LogP contribution in [0.2, 0.25) is 0 Å². The molecule has 1 aromatic carbocycles. The predicted octanol–water partition coefficient (Wildman–Crippen LogP) is 0.378. The third kappa shape index (κ3) is 5.67.